The smallest absolute Gasteiger partial charge is 0.322 e. The van der Waals surface area contributed by atoms with Gasteiger partial charge in [0.05, 0.1) is 5.69 Å². The summed E-state index contributed by atoms with van der Waals surface area (Å²) in [6.07, 6.45) is 0. The van der Waals surface area contributed by atoms with Gasteiger partial charge < -0.3 is 10.1 Å². The zero-order valence-corrected chi connectivity index (χ0v) is 15.6. The molecule has 0 aliphatic carbocycles. The highest BCUT2D eigenvalue weighted by molar-refractivity contribution is 5.62. The Labute approximate surface area is 163 Å². The van der Waals surface area contributed by atoms with Crippen LogP contribution in [0.15, 0.2) is 72.8 Å². The number of hydrogen-bond donors (Lipinski definition) is 1. The van der Waals surface area contributed by atoms with Gasteiger partial charge in [-0.1, -0.05) is 30.3 Å². The Balaban J connectivity index is 1.43. The molecule has 0 fully saturated rings. The fourth-order valence-electron chi connectivity index (χ4n) is 2.76. The van der Waals surface area contributed by atoms with E-state index in [1.54, 1.807) is 0 Å². The summed E-state index contributed by atoms with van der Waals surface area (Å²) in [5.74, 6) is 1.34. The Kier molecular flexibility index (Phi) is 4.93. The fraction of sp³-hybridized carbons (Fsp3) is 0.0909. The zero-order valence-electron chi connectivity index (χ0n) is 15.6. The molecule has 0 unspecified atom stereocenters. The first-order chi connectivity index (χ1) is 13.7. The molecule has 0 aliphatic rings. The van der Waals surface area contributed by atoms with Gasteiger partial charge in [0.25, 0.3) is 0 Å². The number of rotatable bonds is 5. The van der Waals surface area contributed by atoms with Gasteiger partial charge in [0.2, 0.25) is 0 Å². The van der Waals surface area contributed by atoms with Crippen molar-refractivity contribution in [1.29, 1.82) is 0 Å². The van der Waals surface area contributed by atoms with E-state index in [0.717, 1.165) is 28.3 Å². The van der Waals surface area contributed by atoms with Crippen molar-refractivity contribution in [3.63, 3.8) is 0 Å². The van der Waals surface area contributed by atoms with E-state index in [1.165, 1.54) is 0 Å². The lowest BCUT2D eigenvalue weighted by molar-refractivity contribution is 0.439. The summed E-state index contributed by atoms with van der Waals surface area (Å²) in [4.78, 5) is 8.57. The van der Waals surface area contributed by atoms with Crippen molar-refractivity contribution in [2.75, 3.05) is 5.32 Å². The molecule has 2 aromatic heterocycles. The third-order valence-electron chi connectivity index (χ3n) is 4.03. The van der Waals surface area contributed by atoms with E-state index in [-0.39, 0.29) is 0 Å². The molecule has 6 heteroatoms. The number of aryl methyl sites for hydroxylation is 2. The maximum absolute atomic E-state index is 5.73. The van der Waals surface area contributed by atoms with Gasteiger partial charge in [-0.25, -0.2) is 9.97 Å². The van der Waals surface area contributed by atoms with Crippen LogP contribution in [0.1, 0.15) is 11.4 Å². The Morgan fingerprint density at radius 3 is 2.11 bits per heavy atom. The quantitative estimate of drug-likeness (QED) is 0.528. The van der Waals surface area contributed by atoms with Crippen LogP contribution in [-0.4, -0.2) is 20.2 Å². The molecule has 1 N–H and O–H groups in total. The van der Waals surface area contributed by atoms with Crippen molar-refractivity contribution in [2.24, 2.45) is 0 Å². The van der Waals surface area contributed by atoms with Crippen LogP contribution in [0.5, 0.6) is 11.8 Å². The van der Waals surface area contributed by atoms with Crippen LogP contribution in [0.25, 0.3) is 11.3 Å². The Morgan fingerprint density at radius 1 is 0.750 bits per heavy atom. The molecule has 28 heavy (non-hydrogen) atoms. The van der Waals surface area contributed by atoms with Crippen LogP contribution in [0.2, 0.25) is 0 Å². The van der Waals surface area contributed by atoms with E-state index in [9.17, 15) is 0 Å². The lowest BCUT2D eigenvalue weighted by Gasteiger charge is -2.08. The van der Waals surface area contributed by atoms with Crippen LogP contribution < -0.4 is 10.1 Å². The standard InChI is InChI=1S/C22H19N5O/c1-15-14-16(2)24-22(23-15)28-19-10-8-18(9-11-19)25-21-13-12-20(26-27-21)17-6-4-3-5-7-17/h3-14H,1-2H3,(H,25,27). The van der Waals surface area contributed by atoms with E-state index >= 15 is 0 Å². The number of nitrogens with zero attached hydrogens (tertiary/aromatic N) is 4. The van der Waals surface area contributed by atoms with E-state index in [0.29, 0.717) is 17.6 Å². The van der Waals surface area contributed by atoms with Crippen LogP contribution in [0.3, 0.4) is 0 Å². The third-order valence-corrected chi connectivity index (χ3v) is 4.03. The number of benzene rings is 2. The second kappa shape index (κ2) is 7.84. The SMILES string of the molecule is Cc1cc(C)nc(Oc2ccc(Nc3ccc(-c4ccccc4)nn3)cc2)n1. The topological polar surface area (TPSA) is 72.8 Å². The highest BCUT2D eigenvalue weighted by Gasteiger charge is 2.04. The summed E-state index contributed by atoms with van der Waals surface area (Å²) in [6, 6.07) is 23.6. The summed E-state index contributed by atoms with van der Waals surface area (Å²) < 4.78 is 5.73. The third kappa shape index (κ3) is 4.29. The Morgan fingerprint density at radius 2 is 1.46 bits per heavy atom. The normalized spacial score (nSPS) is 10.5. The average Bonchev–Trinajstić information content (AvgIpc) is 2.70. The van der Waals surface area contributed by atoms with E-state index in [4.69, 9.17) is 4.74 Å². The van der Waals surface area contributed by atoms with E-state index < -0.39 is 0 Å². The number of hydrogen-bond acceptors (Lipinski definition) is 6. The van der Waals surface area contributed by atoms with Gasteiger partial charge in [-0.2, -0.15) is 0 Å². The Bertz CT molecular complexity index is 1040. The summed E-state index contributed by atoms with van der Waals surface area (Å²) in [5.41, 5.74) is 4.51. The molecule has 0 radical (unpaired) electrons. The molecule has 0 bridgehead atoms. The van der Waals surface area contributed by atoms with Crippen molar-refractivity contribution in [2.45, 2.75) is 13.8 Å². The second-order valence-corrected chi connectivity index (χ2v) is 6.35. The Hall–Kier alpha value is -3.80. The first-order valence-corrected chi connectivity index (χ1v) is 8.92. The van der Waals surface area contributed by atoms with Crippen molar-refractivity contribution < 1.29 is 4.74 Å². The number of nitrogens with one attached hydrogen (secondary N) is 1. The van der Waals surface area contributed by atoms with Crippen molar-refractivity contribution in [3.8, 4) is 23.0 Å². The predicted molar refractivity (Wildman–Crippen MR) is 109 cm³/mol. The summed E-state index contributed by atoms with van der Waals surface area (Å²) in [7, 11) is 0. The van der Waals surface area contributed by atoms with Crippen LogP contribution in [0.4, 0.5) is 11.5 Å². The monoisotopic (exact) mass is 369 g/mol. The summed E-state index contributed by atoms with van der Waals surface area (Å²) in [6.45, 7) is 3.83. The molecule has 6 nitrogen and oxygen atoms in total. The zero-order chi connectivity index (χ0) is 19.3. The predicted octanol–water partition coefficient (Wildman–Crippen LogP) is 5.09. The molecule has 0 saturated heterocycles. The van der Waals surface area contributed by atoms with Crippen molar-refractivity contribution in [3.05, 3.63) is 84.2 Å². The second-order valence-electron chi connectivity index (χ2n) is 6.35. The lowest BCUT2D eigenvalue weighted by atomic mass is 10.1. The minimum atomic E-state index is 0.348. The van der Waals surface area contributed by atoms with Gasteiger partial charge in [0.15, 0.2) is 5.82 Å². The average molecular weight is 369 g/mol. The van der Waals surface area contributed by atoms with Crippen molar-refractivity contribution >= 4 is 11.5 Å². The highest BCUT2D eigenvalue weighted by Crippen LogP contribution is 2.23. The molecule has 4 rings (SSSR count). The molecule has 0 aliphatic heterocycles. The molecular formula is C22H19N5O. The number of anilines is 2. The van der Waals surface area contributed by atoms with Gasteiger partial charge in [-0.05, 0) is 56.3 Å². The first-order valence-electron chi connectivity index (χ1n) is 8.92. The minimum Gasteiger partial charge on any atom is -0.424 e. The van der Waals surface area contributed by atoms with Crippen LogP contribution in [0, 0.1) is 13.8 Å². The number of ether oxygens (including phenoxy) is 1. The lowest BCUT2D eigenvalue weighted by Crippen LogP contribution is -1.97. The van der Waals surface area contributed by atoms with Crippen LogP contribution >= 0.6 is 0 Å². The first kappa shape index (κ1) is 17.6. The van der Waals surface area contributed by atoms with Crippen LogP contribution in [-0.2, 0) is 0 Å². The largest absolute Gasteiger partial charge is 0.424 e. The molecule has 0 amide bonds. The van der Waals surface area contributed by atoms with E-state index in [2.05, 4.69) is 25.5 Å². The van der Waals surface area contributed by atoms with Gasteiger partial charge >= 0.3 is 6.01 Å². The molecule has 2 heterocycles. The van der Waals surface area contributed by atoms with E-state index in [1.807, 2.05) is 86.6 Å². The highest BCUT2D eigenvalue weighted by atomic mass is 16.5. The summed E-state index contributed by atoms with van der Waals surface area (Å²) >= 11 is 0. The molecular weight excluding hydrogens is 350 g/mol. The maximum atomic E-state index is 5.73. The molecule has 2 aromatic carbocycles. The van der Waals surface area contributed by atoms with Gasteiger partial charge in [0.1, 0.15) is 5.75 Å². The minimum absolute atomic E-state index is 0.348. The molecule has 4 aromatic rings. The molecule has 0 spiro atoms. The maximum Gasteiger partial charge on any atom is 0.322 e. The van der Waals surface area contributed by atoms with Crippen molar-refractivity contribution in [1.82, 2.24) is 20.2 Å². The van der Waals surface area contributed by atoms with Gasteiger partial charge in [-0.3, -0.25) is 0 Å². The van der Waals surface area contributed by atoms with Gasteiger partial charge in [-0.15, -0.1) is 10.2 Å². The number of aromatic nitrogens is 4. The fourth-order valence-corrected chi connectivity index (χ4v) is 2.76. The molecule has 0 saturated carbocycles. The molecule has 138 valence electrons. The van der Waals surface area contributed by atoms with Gasteiger partial charge in [0, 0.05) is 22.6 Å². The molecule has 0 atom stereocenters. The summed E-state index contributed by atoms with van der Waals surface area (Å²) in [5, 5.41) is 11.8.